The van der Waals surface area contributed by atoms with E-state index in [4.69, 9.17) is 4.42 Å². The first-order valence-electron chi connectivity index (χ1n) is 8.39. The Labute approximate surface area is 153 Å². The third kappa shape index (κ3) is 3.52. The molecule has 2 heterocycles. The first-order valence-corrected chi connectivity index (χ1v) is 9.83. The lowest BCUT2D eigenvalue weighted by atomic mass is 9.99. The van der Waals surface area contributed by atoms with E-state index in [-0.39, 0.29) is 22.9 Å². The van der Waals surface area contributed by atoms with Crippen LogP contribution in [0.2, 0.25) is 0 Å². The Bertz CT molecular complexity index is 1150. The van der Waals surface area contributed by atoms with Crippen molar-refractivity contribution in [1.82, 2.24) is 9.29 Å². The molecule has 142 valence electrons. The van der Waals surface area contributed by atoms with Gasteiger partial charge >= 0.3 is 5.76 Å². The Morgan fingerprint density at radius 3 is 2.63 bits per heavy atom. The zero-order chi connectivity index (χ0) is 19.2. The van der Waals surface area contributed by atoms with Crippen molar-refractivity contribution in [2.45, 2.75) is 17.7 Å². The second-order valence-corrected chi connectivity index (χ2v) is 8.61. The number of hydrogen-bond acceptors (Lipinski definition) is 4. The van der Waals surface area contributed by atoms with Crippen molar-refractivity contribution in [3.05, 3.63) is 64.1 Å². The molecular formula is C18H16F2N2O4S. The Kier molecular flexibility index (Phi) is 4.35. The van der Waals surface area contributed by atoms with E-state index in [1.54, 1.807) is 0 Å². The van der Waals surface area contributed by atoms with Gasteiger partial charge in [0.05, 0.1) is 10.4 Å². The second-order valence-electron chi connectivity index (χ2n) is 6.67. The Morgan fingerprint density at radius 1 is 1.15 bits per heavy atom. The minimum atomic E-state index is -3.74. The minimum Gasteiger partial charge on any atom is -0.408 e. The summed E-state index contributed by atoms with van der Waals surface area (Å²) in [7, 11) is -3.74. The third-order valence-corrected chi connectivity index (χ3v) is 6.58. The number of nitrogens with zero attached hydrogens (tertiary/aromatic N) is 1. The first-order chi connectivity index (χ1) is 12.8. The first kappa shape index (κ1) is 17.9. The molecule has 4 rings (SSSR count). The number of oxazole rings is 1. The second kappa shape index (κ2) is 6.58. The third-order valence-electron chi connectivity index (χ3n) is 4.72. The number of fused-ring (bicyclic) bond motifs is 1. The van der Waals surface area contributed by atoms with Crippen molar-refractivity contribution >= 4 is 21.1 Å². The van der Waals surface area contributed by atoms with E-state index in [9.17, 15) is 22.0 Å². The van der Waals surface area contributed by atoms with Gasteiger partial charge in [-0.05, 0) is 54.7 Å². The maximum Gasteiger partial charge on any atom is 0.417 e. The van der Waals surface area contributed by atoms with Gasteiger partial charge in [-0.3, -0.25) is 4.98 Å². The van der Waals surface area contributed by atoms with Crippen LogP contribution in [0.5, 0.6) is 0 Å². The number of hydrogen-bond donors (Lipinski definition) is 1. The molecule has 1 aromatic heterocycles. The molecule has 2 aromatic carbocycles. The SMILES string of the molecule is O=c1[nH]c2cc(S(=O)(=O)N3CCC(Cc4cc(F)cc(F)c4)C3)ccc2o1. The monoisotopic (exact) mass is 394 g/mol. The topological polar surface area (TPSA) is 83.4 Å². The maximum absolute atomic E-state index is 13.3. The van der Waals surface area contributed by atoms with Gasteiger partial charge in [0.25, 0.3) is 0 Å². The van der Waals surface area contributed by atoms with Crippen LogP contribution in [-0.4, -0.2) is 30.8 Å². The number of H-pyrrole nitrogens is 1. The van der Waals surface area contributed by atoms with E-state index in [1.807, 2.05) is 0 Å². The van der Waals surface area contributed by atoms with Crippen molar-refractivity contribution in [2.75, 3.05) is 13.1 Å². The summed E-state index contributed by atoms with van der Waals surface area (Å²) < 4.78 is 58.7. The molecule has 0 spiro atoms. The number of aromatic amines is 1. The van der Waals surface area contributed by atoms with Gasteiger partial charge in [0.1, 0.15) is 11.6 Å². The van der Waals surface area contributed by atoms with Gasteiger partial charge in [0.2, 0.25) is 10.0 Å². The Hall–Kier alpha value is -2.52. The zero-order valence-corrected chi connectivity index (χ0v) is 14.9. The largest absolute Gasteiger partial charge is 0.417 e. The number of nitrogens with one attached hydrogen (secondary N) is 1. The van der Waals surface area contributed by atoms with E-state index >= 15 is 0 Å². The molecule has 1 fully saturated rings. The number of benzene rings is 2. The van der Waals surface area contributed by atoms with E-state index in [2.05, 4.69) is 4.98 Å². The van der Waals surface area contributed by atoms with Crippen molar-refractivity contribution in [3.8, 4) is 0 Å². The van der Waals surface area contributed by atoms with Gasteiger partial charge in [-0.15, -0.1) is 0 Å². The average Bonchev–Trinajstić information content (AvgIpc) is 3.18. The Morgan fingerprint density at radius 2 is 1.89 bits per heavy atom. The van der Waals surface area contributed by atoms with Crippen LogP contribution in [0.3, 0.4) is 0 Å². The van der Waals surface area contributed by atoms with Crippen LogP contribution in [0.1, 0.15) is 12.0 Å². The number of halogens is 2. The highest BCUT2D eigenvalue weighted by Gasteiger charge is 2.33. The molecule has 3 aromatic rings. The summed E-state index contributed by atoms with van der Waals surface area (Å²) in [4.78, 5) is 13.7. The fourth-order valence-electron chi connectivity index (χ4n) is 3.48. The molecule has 1 aliphatic rings. The predicted molar refractivity (Wildman–Crippen MR) is 93.8 cm³/mol. The quantitative estimate of drug-likeness (QED) is 0.738. The van der Waals surface area contributed by atoms with Crippen molar-refractivity contribution in [1.29, 1.82) is 0 Å². The van der Waals surface area contributed by atoms with Crippen molar-refractivity contribution in [2.24, 2.45) is 5.92 Å². The summed E-state index contributed by atoms with van der Waals surface area (Å²) in [6.45, 7) is 0.588. The molecule has 0 bridgehead atoms. The predicted octanol–water partition coefficient (Wildman–Crippen LogP) is 2.65. The lowest BCUT2D eigenvalue weighted by molar-refractivity contribution is 0.455. The van der Waals surface area contributed by atoms with Crippen LogP contribution in [-0.2, 0) is 16.4 Å². The number of aromatic nitrogens is 1. The summed E-state index contributed by atoms with van der Waals surface area (Å²) in [6, 6.07) is 7.54. The molecule has 1 N–H and O–H groups in total. The molecule has 6 nitrogen and oxygen atoms in total. The summed E-state index contributed by atoms with van der Waals surface area (Å²) in [5.41, 5.74) is 1.10. The van der Waals surface area contributed by atoms with Crippen LogP contribution in [0.25, 0.3) is 11.1 Å². The van der Waals surface area contributed by atoms with E-state index < -0.39 is 27.4 Å². The molecule has 9 heteroatoms. The average molecular weight is 394 g/mol. The number of sulfonamides is 1. The van der Waals surface area contributed by atoms with Gasteiger partial charge in [-0.25, -0.2) is 22.0 Å². The van der Waals surface area contributed by atoms with E-state index in [0.29, 0.717) is 30.5 Å². The highest BCUT2D eigenvalue weighted by Crippen LogP contribution is 2.28. The van der Waals surface area contributed by atoms with Crippen LogP contribution >= 0.6 is 0 Å². The fraction of sp³-hybridized carbons (Fsp3) is 0.278. The van der Waals surface area contributed by atoms with E-state index in [1.165, 1.54) is 34.6 Å². The lowest BCUT2D eigenvalue weighted by Gasteiger charge is -2.17. The van der Waals surface area contributed by atoms with Gasteiger partial charge in [-0.1, -0.05) is 0 Å². The summed E-state index contributed by atoms with van der Waals surface area (Å²) in [6.07, 6.45) is 0.997. The van der Waals surface area contributed by atoms with Crippen molar-refractivity contribution < 1.29 is 21.6 Å². The lowest BCUT2D eigenvalue weighted by Crippen LogP contribution is -2.29. The summed E-state index contributed by atoms with van der Waals surface area (Å²) in [5.74, 6) is -1.97. The molecule has 1 aliphatic heterocycles. The van der Waals surface area contributed by atoms with E-state index in [0.717, 1.165) is 6.07 Å². The highest BCUT2D eigenvalue weighted by atomic mass is 32.2. The normalized spacial score (nSPS) is 18.4. The Balaban J connectivity index is 1.53. The van der Waals surface area contributed by atoms with Crippen molar-refractivity contribution in [3.63, 3.8) is 0 Å². The molecule has 0 aliphatic carbocycles. The minimum absolute atomic E-state index is 0.0292. The molecular weight excluding hydrogens is 378 g/mol. The standard InChI is InChI=1S/C18H16F2N2O4S/c19-13-6-12(7-14(20)8-13)5-11-3-4-22(10-11)27(24,25)15-1-2-17-16(9-15)21-18(23)26-17/h1-2,6-9,11H,3-5,10H2,(H,21,23). The molecule has 27 heavy (non-hydrogen) atoms. The van der Waals surface area contributed by atoms with Gasteiger partial charge < -0.3 is 4.42 Å². The molecule has 1 saturated heterocycles. The van der Waals surface area contributed by atoms with Gasteiger partial charge in [0.15, 0.2) is 5.58 Å². The van der Waals surface area contributed by atoms with Crippen LogP contribution < -0.4 is 5.76 Å². The molecule has 0 amide bonds. The zero-order valence-electron chi connectivity index (χ0n) is 14.1. The maximum atomic E-state index is 13.3. The molecule has 1 atom stereocenters. The van der Waals surface area contributed by atoms with Gasteiger partial charge in [0, 0.05) is 19.2 Å². The summed E-state index contributed by atoms with van der Waals surface area (Å²) in [5, 5.41) is 0. The molecule has 0 radical (unpaired) electrons. The van der Waals surface area contributed by atoms with Crippen LogP contribution in [0, 0.1) is 17.6 Å². The van der Waals surface area contributed by atoms with Crippen LogP contribution in [0.15, 0.2) is 50.5 Å². The highest BCUT2D eigenvalue weighted by molar-refractivity contribution is 7.89. The summed E-state index contributed by atoms with van der Waals surface area (Å²) >= 11 is 0. The smallest absolute Gasteiger partial charge is 0.408 e. The number of rotatable bonds is 4. The van der Waals surface area contributed by atoms with Crippen LogP contribution in [0.4, 0.5) is 8.78 Å². The molecule has 1 unspecified atom stereocenters. The molecule has 0 saturated carbocycles. The fourth-order valence-corrected chi connectivity index (χ4v) is 5.04. The van der Waals surface area contributed by atoms with Gasteiger partial charge in [-0.2, -0.15) is 4.31 Å².